The van der Waals surface area contributed by atoms with E-state index in [4.69, 9.17) is 0 Å². The summed E-state index contributed by atoms with van der Waals surface area (Å²) >= 11 is 0. The Morgan fingerprint density at radius 2 is 2.22 bits per heavy atom. The summed E-state index contributed by atoms with van der Waals surface area (Å²) in [4.78, 5) is 15.8. The Morgan fingerprint density at radius 3 is 2.72 bits per heavy atom. The van der Waals surface area contributed by atoms with Crippen LogP contribution in [0.1, 0.15) is 24.3 Å². The lowest BCUT2D eigenvalue weighted by Gasteiger charge is -2.10. The second-order valence-electron chi connectivity index (χ2n) is 3.98. The third kappa shape index (κ3) is 4.44. The number of rotatable bonds is 6. The summed E-state index contributed by atoms with van der Waals surface area (Å²) < 4.78 is 11.1. The van der Waals surface area contributed by atoms with Gasteiger partial charge in [0, 0.05) is 35.4 Å². The molecule has 18 heavy (non-hydrogen) atoms. The minimum atomic E-state index is -0.935. The fourth-order valence-corrected chi connectivity index (χ4v) is 1.60. The van der Waals surface area contributed by atoms with Crippen molar-refractivity contribution in [3.05, 3.63) is 24.0 Å². The molecule has 1 aromatic rings. The van der Waals surface area contributed by atoms with E-state index in [1.54, 1.807) is 18.5 Å². The maximum Gasteiger partial charge on any atom is 0.269 e. The van der Waals surface area contributed by atoms with Gasteiger partial charge in [-0.2, -0.15) is 0 Å². The van der Waals surface area contributed by atoms with Gasteiger partial charge in [0.05, 0.1) is 11.9 Å². The van der Waals surface area contributed by atoms with E-state index in [2.05, 4.69) is 15.6 Å². The summed E-state index contributed by atoms with van der Waals surface area (Å²) in [6.07, 6.45) is 3.25. The number of carbonyl (C=O) groups excluding carboxylic acids is 1. The van der Waals surface area contributed by atoms with Gasteiger partial charge in [-0.15, -0.1) is 0 Å². The number of nitrogens with zero attached hydrogens (tertiary/aromatic N) is 1. The van der Waals surface area contributed by atoms with Crippen molar-refractivity contribution in [1.82, 2.24) is 10.3 Å². The fraction of sp³-hybridized carbons (Fsp3) is 0.500. The molecule has 0 spiro atoms. The van der Waals surface area contributed by atoms with Gasteiger partial charge < -0.3 is 10.6 Å². The minimum absolute atomic E-state index is 0.0602. The summed E-state index contributed by atoms with van der Waals surface area (Å²) in [5.74, 6) is -0.240. The standard InChI is InChI=1S/C12H19N3O2S/c1-4-13-10-5-6-11(14-8-10)12(16)15-7-9(2)18(3)17/h5-6,8-9,13H,4,7H2,1-3H3,(H,15,16). The van der Waals surface area contributed by atoms with Gasteiger partial charge in [-0.25, -0.2) is 4.98 Å². The molecule has 1 aromatic heterocycles. The minimum Gasteiger partial charge on any atom is -0.384 e. The molecule has 0 aromatic carbocycles. The van der Waals surface area contributed by atoms with Crippen LogP contribution in [0.25, 0.3) is 0 Å². The summed E-state index contributed by atoms with van der Waals surface area (Å²) in [6.45, 7) is 5.02. The number of amides is 1. The van der Waals surface area contributed by atoms with Gasteiger partial charge in [-0.05, 0) is 26.0 Å². The van der Waals surface area contributed by atoms with Crippen molar-refractivity contribution < 1.29 is 9.00 Å². The highest BCUT2D eigenvalue weighted by atomic mass is 32.2. The molecule has 2 N–H and O–H groups in total. The zero-order valence-corrected chi connectivity index (χ0v) is 11.7. The summed E-state index contributed by atoms with van der Waals surface area (Å²) in [6, 6.07) is 3.48. The molecule has 0 fully saturated rings. The number of aromatic nitrogens is 1. The van der Waals surface area contributed by atoms with Gasteiger partial charge in [-0.1, -0.05) is 0 Å². The normalized spacial score (nSPS) is 13.7. The van der Waals surface area contributed by atoms with Crippen LogP contribution in [0.3, 0.4) is 0 Å². The molecule has 1 heterocycles. The van der Waals surface area contributed by atoms with Crippen molar-refractivity contribution in [2.45, 2.75) is 19.1 Å². The molecule has 5 nitrogen and oxygen atoms in total. The molecule has 6 heteroatoms. The Morgan fingerprint density at radius 1 is 1.50 bits per heavy atom. The average molecular weight is 269 g/mol. The van der Waals surface area contributed by atoms with Crippen LogP contribution < -0.4 is 10.6 Å². The lowest BCUT2D eigenvalue weighted by Crippen LogP contribution is -2.33. The Bertz CT molecular complexity index is 420. The van der Waals surface area contributed by atoms with E-state index in [1.165, 1.54) is 0 Å². The Labute approximate surface area is 110 Å². The fourth-order valence-electron chi connectivity index (χ4n) is 1.28. The van der Waals surface area contributed by atoms with Crippen molar-refractivity contribution in [3.8, 4) is 0 Å². The molecule has 0 bridgehead atoms. The van der Waals surface area contributed by atoms with Crippen LogP contribution in [-0.2, 0) is 10.8 Å². The van der Waals surface area contributed by atoms with Gasteiger partial charge in [0.15, 0.2) is 0 Å². The van der Waals surface area contributed by atoms with Crippen LogP contribution in [0.4, 0.5) is 5.69 Å². The van der Waals surface area contributed by atoms with E-state index in [-0.39, 0.29) is 11.2 Å². The lowest BCUT2D eigenvalue weighted by atomic mass is 10.3. The molecule has 0 aliphatic carbocycles. The van der Waals surface area contributed by atoms with Crippen LogP contribution in [0.2, 0.25) is 0 Å². The second kappa shape index (κ2) is 7.10. The summed E-state index contributed by atoms with van der Waals surface area (Å²) in [7, 11) is -0.935. The number of hydrogen-bond acceptors (Lipinski definition) is 4. The highest BCUT2D eigenvalue weighted by molar-refractivity contribution is 7.84. The number of pyridine rings is 1. The van der Waals surface area contributed by atoms with Crippen LogP contribution in [-0.4, -0.2) is 39.7 Å². The zero-order valence-electron chi connectivity index (χ0n) is 10.9. The van der Waals surface area contributed by atoms with Crippen molar-refractivity contribution in [2.24, 2.45) is 0 Å². The van der Waals surface area contributed by atoms with Crippen LogP contribution in [0.15, 0.2) is 18.3 Å². The number of hydrogen-bond donors (Lipinski definition) is 2. The van der Waals surface area contributed by atoms with Gasteiger partial charge in [0.25, 0.3) is 5.91 Å². The van der Waals surface area contributed by atoms with E-state index >= 15 is 0 Å². The molecule has 0 aliphatic rings. The molecular formula is C12H19N3O2S. The molecule has 0 radical (unpaired) electrons. The van der Waals surface area contributed by atoms with Crippen LogP contribution in [0.5, 0.6) is 0 Å². The molecule has 2 unspecified atom stereocenters. The topological polar surface area (TPSA) is 71.1 Å². The smallest absolute Gasteiger partial charge is 0.269 e. The predicted octanol–water partition coefficient (Wildman–Crippen LogP) is 1.01. The van der Waals surface area contributed by atoms with Gasteiger partial charge >= 0.3 is 0 Å². The van der Waals surface area contributed by atoms with Gasteiger partial charge in [0.1, 0.15) is 5.69 Å². The van der Waals surface area contributed by atoms with Crippen molar-refractivity contribution in [1.29, 1.82) is 0 Å². The van der Waals surface area contributed by atoms with E-state index in [0.29, 0.717) is 12.2 Å². The Hall–Kier alpha value is -1.43. The van der Waals surface area contributed by atoms with Crippen LogP contribution in [0, 0.1) is 0 Å². The second-order valence-corrected chi connectivity index (χ2v) is 5.78. The highest BCUT2D eigenvalue weighted by Crippen LogP contribution is 2.05. The highest BCUT2D eigenvalue weighted by Gasteiger charge is 2.10. The summed E-state index contributed by atoms with van der Waals surface area (Å²) in [5.41, 5.74) is 1.25. The van der Waals surface area contributed by atoms with E-state index < -0.39 is 10.8 Å². The molecule has 1 amide bonds. The number of nitrogens with one attached hydrogen (secondary N) is 2. The molecular weight excluding hydrogens is 250 g/mol. The number of carbonyl (C=O) groups is 1. The SMILES string of the molecule is CCNc1ccc(C(=O)NCC(C)S(C)=O)nc1. The predicted molar refractivity (Wildman–Crippen MR) is 74.3 cm³/mol. The first-order valence-electron chi connectivity index (χ1n) is 5.85. The molecule has 100 valence electrons. The number of anilines is 1. The van der Waals surface area contributed by atoms with Crippen LogP contribution >= 0.6 is 0 Å². The molecule has 2 atom stereocenters. The molecule has 0 aliphatic heterocycles. The van der Waals surface area contributed by atoms with Crippen molar-refractivity contribution in [3.63, 3.8) is 0 Å². The monoisotopic (exact) mass is 269 g/mol. The largest absolute Gasteiger partial charge is 0.384 e. The quantitative estimate of drug-likeness (QED) is 0.808. The lowest BCUT2D eigenvalue weighted by molar-refractivity contribution is 0.0949. The molecule has 0 saturated heterocycles. The molecule has 0 saturated carbocycles. The van der Waals surface area contributed by atoms with E-state index in [0.717, 1.165) is 12.2 Å². The third-order valence-corrected chi connectivity index (χ3v) is 3.79. The first kappa shape index (κ1) is 14.6. The first-order chi connectivity index (χ1) is 8.54. The first-order valence-corrected chi connectivity index (χ1v) is 7.47. The van der Waals surface area contributed by atoms with Gasteiger partial charge in [0.2, 0.25) is 0 Å². The molecule has 1 rings (SSSR count). The Kier molecular flexibility index (Phi) is 5.77. The zero-order chi connectivity index (χ0) is 13.5. The third-order valence-electron chi connectivity index (χ3n) is 2.49. The maximum absolute atomic E-state index is 11.7. The van der Waals surface area contributed by atoms with Gasteiger partial charge in [-0.3, -0.25) is 9.00 Å². The average Bonchev–Trinajstić information content (AvgIpc) is 2.36. The maximum atomic E-state index is 11.7. The van der Waals surface area contributed by atoms with E-state index in [9.17, 15) is 9.00 Å². The van der Waals surface area contributed by atoms with Crippen molar-refractivity contribution in [2.75, 3.05) is 24.7 Å². The van der Waals surface area contributed by atoms with E-state index in [1.807, 2.05) is 19.9 Å². The summed E-state index contributed by atoms with van der Waals surface area (Å²) in [5, 5.41) is 5.76. The van der Waals surface area contributed by atoms with Crippen molar-refractivity contribution >= 4 is 22.4 Å². The Balaban J connectivity index is 2.54.